The highest BCUT2D eigenvalue weighted by atomic mass is 79.9. The second-order valence-corrected chi connectivity index (χ2v) is 6.06. The normalized spacial score (nSPS) is 18.9. The first-order chi connectivity index (χ1) is 9.56. The lowest BCUT2D eigenvalue weighted by atomic mass is 9.97. The van der Waals surface area contributed by atoms with Crippen LogP contribution < -0.4 is 0 Å². The monoisotopic (exact) mass is 339 g/mol. The van der Waals surface area contributed by atoms with Crippen molar-refractivity contribution in [1.29, 1.82) is 0 Å². The van der Waals surface area contributed by atoms with Gasteiger partial charge in [0.1, 0.15) is 0 Å². The topological polar surface area (TPSA) is 57.6 Å². The molecule has 1 amide bonds. The van der Waals surface area contributed by atoms with Gasteiger partial charge in [0.25, 0.3) is 0 Å². The van der Waals surface area contributed by atoms with Crippen LogP contribution in [0.1, 0.15) is 24.8 Å². The molecule has 20 heavy (non-hydrogen) atoms. The lowest BCUT2D eigenvalue weighted by Crippen LogP contribution is -2.42. The summed E-state index contributed by atoms with van der Waals surface area (Å²) in [6, 6.07) is 7.90. The minimum absolute atomic E-state index is 0.0518. The summed E-state index contributed by atoms with van der Waals surface area (Å²) in [6.45, 7) is 1.04. The molecule has 4 nitrogen and oxygen atoms in total. The molecule has 1 aromatic carbocycles. The molecule has 0 saturated carbocycles. The molecule has 0 aromatic heterocycles. The molecule has 0 radical (unpaired) electrons. The van der Waals surface area contributed by atoms with Crippen molar-refractivity contribution in [2.45, 2.75) is 25.7 Å². The summed E-state index contributed by atoms with van der Waals surface area (Å²) in [5, 5.41) is 9.03. The Balaban J connectivity index is 1.87. The predicted molar refractivity (Wildman–Crippen MR) is 79.4 cm³/mol. The second kappa shape index (κ2) is 6.88. The average Bonchev–Trinajstić information content (AvgIpc) is 2.45. The number of likely N-dealkylation sites (tertiary alicyclic amines) is 1. The number of benzene rings is 1. The van der Waals surface area contributed by atoms with E-state index in [1.807, 2.05) is 24.3 Å². The molecular formula is C15H18BrNO3. The third kappa shape index (κ3) is 4.07. The molecular weight excluding hydrogens is 322 g/mol. The molecule has 1 fully saturated rings. The number of halogens is 1. The van der Waals surface area contributed by atoms with Crippen LogP contribution in [-0.2, 0) is 16.0 Å². The summed E-state index contributed by atoms with van der Waals surface area (Å²) in [6.07, 6.45) is 2.57. The maximum absolute atomic E-state index is 12.1. The zero-order valence-corrected chi connectivity index (χ0v) is 12.8. The molecule has 0 spiro atoms. The van der Waals surface area contributed by atoms with Crippen LogP contribution in [0.25, 0.3) is 0 Å². The van der Waals surface area contributed by atoms with Gasteiger partial charge in [-0.05, 0) is 37.0 Å². The first-order valence-electron chi connectivity index (χ1n) is 6.81. The van der Waals surface area contributed by atoms with Gasteiger partial charge in [-0.15, -0.1) is 0 Å². The van der Waals surface area contributed by atoms with Crippen molar-refractivity contribution in [3.8, 4) is 0 Å². The fourth-order valence-corrected chi connectivity index (χ4v) is 2.95. The Morgan fingerprint density at radius 2 is 2.20 bits per heavy atom. The zero-order valence-electron chi connectivity index (χ0n) is 11.2. The van der Waals surface area contributed by atoms with Crippen LogP contribution in [-0.4, -0.2) is 35.0 Å². The van der Waals surface area contributed by atoms with Crippen LogP contribution in [0.15, 0.2) is 28.7 Å². The number of rotatable bonds is 4. The lowest BCUT2D eigenvalue weighted by Gasteiger charge is -2.30. The summed E-state index contributed by atoms with van der Waals surface area (Å²) in [4.78, 5) is 24.8. The SMILES string of the molecule is O=C(O)C1CCCN(C(=O)CCc2cccc(Br)c2)C1. The molecule has 5 heteroatoms. The molecule has 0 bridgehead atoms. The van der Waals surface area contributed by atoms with Crippen molar-refractivity contribution in [2.75, 3.05) is 13.1 Å². The van der Waals surface area contributed by atoms with Gasteiger partial charge < -0.3 is 10.0 Å². The number of carbonyl (C=O) groups is 2. The van der Waals surface area contributed by atoms with Gasteiger partial charge >= 0.3 is 5.97 Å². The van der Waals surface area contributed by atoms with E-state index in [9.17, 15) is 9.59 Å². The van der Waals surface area contributed by atoms with Crippen molar-refractivity contribution < 1.29 is 14.7 Å². The van der Waals surface area contributed by atoms with Gasteiger partial charge in [0.05, 0.1) is 5.92 Å². The molecule has 1 aromatic rings. The van der Waals surface area contributed by atoms with Gasteiger partial charge in [-0.3, -0.25) is 9.59 Å². The molecule has 1 unspecified atom stereocenters. The van der Waals surface area contributed by atoms with E-state index in [2.05, 4.69) is 15.9 Å². The summed E-state index contributed by atoms with van der Waals surface area (Å²) in [7, 11) is 0. The van der Waals surface area contributed by atoms with E-state index in [-0.39, 0.29) is 5.91 Å². The quantitative estimate of drug-likeness (QED) is 0.917. The van der Waals surface area contributed by atoms with Crippen molar-refractivity contribution in [1.82, 2.24) is 4.90 Å². The average molecular weight is 340 g/mol. The van der Waals surface area contributed by atoms with Gasteiger partial charge in [0.2, 0.25) is 5.91 Å². The van der Waals surface area contributed by atoms with Gasteiger partial charge in [0.15, 0.2) is 0 Å². The molecule has 1 aliphatic heterocycles. The van der Waals surface area contributed by atoms with Crippen molar-refractivity contribution in [2.24, 2.45) is 5.92 Å². The fourth-order valence-electron chi connectivity index (χ4n) is 2.51. The highest BCUT2D eigenvalue weighted by Crippen LogP contribution is 2.18. The zero-order chi connectivity index (χ0) is 14.5. The maximum Gasteiger partial charge on any atom is 0.308 e. The van der Waals surface area contributed by atoms with Gasteiger partial charge in [0, 0.05) is 24.0 Å². The Kier molecular flexibility index (Phi) is 5.17. The molecule has 108 valence electrons. The van der Waals surface area contributed by atoms with E-state index in [0.29, 0.717) is 32.4 Å². The first kappa shape index (κ1) is 15.0. The number of carboxylic acid groups (broad SMARTS) is 1. The summed E-state index contributed by atoms with van der Waals surface area (Å²) < 4.78 is 1.01. The predicted octanol–water partition coefficient (Wildman–Crippen LogP) is 2.70. The smallest absolute Gasteiger partial charge is 0.308 e. The van der Waals surface area contributed by atoms with E-state index in [1.165, 1.54) is 0 Å². The van der Waals surface area contributed by atoms with Crippen LogP contribution in [0.3, 0.4) is 0 Å². The van der Waals surface area contributed by atoms with E-state index in [4.69, 9.17) is 5.11 Å². The number of nitrogens with zero attached hydrogens (tertiary/aromatic N) is 1. The molecule has 1 heterocycles. The Hall–Kier alpha value is -1.36. The summed E-state index contributed by atoms with van der Waals surface area (Å²) in [5.74, 6) is -1.15. The van der Waals surface area contributed by atoms with Crippen molar-refractivity contribution in [3.63, 3.8) is 0 Å². The Morgan fingerprint density at radius 1 is 1.40 bits per heavy atom. The summed E-state index contributed by atoms with van der Waals surface area (Å²) >= 11 is 3.41. The summed E-state index contributed by atoms with van der Waals surface area (Å²) in [5.41, 5.74) is 1.11. The Morgan fingerprint density at radius 3 is 2.90 bits per heavy atom. The van der Waals surface area contributed by atoms with Crippen LogP contribution in [0.4, 0.5) is 0 Å². The van der Waals surface area contributed by atoms with Crippen LogP contribution >= 0.6 is 15.9 Å². The number of carbonyl (C=O) groups excluding carboxylic acids is 1. The van der Waals surface area contributed by atoms with Crippen molar-refractivity contribution >= 4 is 27.8 Å². The second-order valence-electron chi connectivity index (χ2n) is 5.15. The van der Waals surface area contributed by atoms with E-state index >= 15 is 0 Å². The maximum atomic E-state index is 12.1. The Bertz CT molecular complexity index is 504. The number of aryl methyl sites for hydroxylation is 1. The number of hydrogen-bond acceptors (Lipinski definition) is 2. The number of carboxylic acids is 1. The van der Waals surface area contributed by atoms with Gasteiger partial charge in [-0.25, -0.2) is 0 Å². The van der Waals surface area contributed by atoms with Crippen LogP contribution in [0.2, 0.25) is 0 Å². The number of piperidine rings is 1. The Labute approximate surface area is 126 Å². The van der Waals surface area contributed by atoms with Crippen molar-refractivity contribution in [3.05, 3.63) is 34.3 Å². The standard InChI is InChI=1S/C15H18BrNO3/c16-13-5-1-3-11(9-13)6-7-14(18)17-8-2-4-12(10-17)15(19)20/h1,3,5,9,12H,2,4,6-8,10H2,(H,19,20). The highest BCUT2D eigenvalue weighted by molar-refractivity contribution is 9.10. The third-order valence-corrected chi connectivity index (χ3v) is 4.13. The highest BCUT2D eigenvalue weighted by Gasteiger charge is 2.27. The van der Waals surface area contributed by atoms with E-state index in [0.717, 1.165) is 16.5 Å². The van der Waals surface area contributed by atoms with Gasteiger partial charge in [-0.2, -0.15) is 0 Å². The molecule has 1 saturated heterocycles. The lowest BCUT2D eigenvalue weighted by molar-refractivity contribution is -0.145. The number of aliphatic carboxylic acids is 1. The van der Waals surface area contributed by atoms with E-state index in [1.54, 1.807) is 4.90 Å². The third-order valence-electron chi connectivity index (χ3n) is 3.64. The minimum atomic E-state index is -0.797. The molecule has 2 rings (SSSR count). The number of amides is 1. The largest absolute Gasteiger partial charge is 0.481 e. The van der Waals surface area contributed by atoms with Crippen LogP contribution in [0.5, 0.6) is 0 Å². The van der Waals surface area contributed by atoms with Gasteiger partial charge in [-0.1, -0.05) is 28.1 Å². The van der Waals surface area contributed by atoms with E-state index < -0.39 is 11.9 Å². The minimum Gasteiger partial charge on any atom is -0.481 e. The molecule has 1 atom stereocenters. The first-order valence-corrected chi connectivity index (χ1v) is 7.60. The molecule has 0 aliphatic carbocycles. The molecule has 1 aliphatic rings. The molecule has 1 N–H and O–H groups in total. The van der Waals surface area contributed by atoms with Crippen LogP contribution in [0, 0.1) is 5.92 Å². The fraction of sp³-hybridized carbons (Fsp3) is 0.467. The number of hydrogen-bond donors (Lipinski definition) is 1.